The van der Waals surface area contributed by atoms with Crippen LogP contribution in [0.5, 0.6) is 0 Å². The molecule has 1 aliphatic rings. The molecule has 0 bridgehead atoms. The van der Waals surface area contributed by atoms with Gasteiger partial charge in [-0.2, -0.15) is 0 Å². The molecule has 2 unspecified atom stereocenters. The number of rotatable bonds is 9. The van der Waals surface area contributed by atoms with E-state index in [1.54, 1.807) is 11.3 Å². The fraction of sp³-hybridized carbons (Fsp3) is 0.455. The fourth-order valence-corrected chi connectivity index (χ4v) is 4.60. The Morgan fingerprint density at radius 1 is 1.33 bits per heavy atom. The molecular weight excluding hydrogens is 354 g/mol. The normalized spacial score (nSPS) is 16.7. The highest BCUT2D eigenvalue weighted by Crippen LogP contribution is 2.29. The number of benzene rings is 1. The number of allylic oxidation sites excluding steroid dienone is 1. The first-order valence-corrected chi connectivity index (χ1v) is 10.6. The molecule has 0 saturated heterocycles. The summed E-state index contributed by atoms with van der Waals surface area (Å²) >= 11 is 1.77. The van der Waals surface area contributed by atoms with Gasteiger partial charge in [0.1, 0.15) is 0 Å². The maximum absolute atomic E-state index is 12.5. The second-order valence-electron chi connectivity index (χ2n) is 7.16. The first kappa shape index (κ1) is 19.8. The van der Waals surface area contributed by atoms with Gasteiger partial charge in [-0.25, -0.2) is 4.98 Å². The van der Waals surface area contributed by atoms with Crippen LogP contribution in [0.25, 0.3) is 6.08 Å². The minimum atomic E-state index is 0.0985. The van der Waals surface area contributed by atoms with Gasteiger partial charge in [-0.05, 0) is 43.9 Å². The molecule has 0 fully saturated rings. The summed E-state index contributed by atoms with van der Waals surface area (Å²) < 4.78 is 0. The average molecular weight is 384 g/mol. The number of hydrogen-bond acceptors (Lipinski definition) is 4. The smallest absolute Gasteiger partial charge is 0.220 e. The van der Waals surface area contributed by atoms with Crippen LogP contribution in [-0.4, -0.2) is 30.5 Å². The summed E-state index contributed by atoms with van der Waals surface area (Å²) in [4.78, 5) is 18.5. The summed E-state index contributed by atoms with van der Waals surface area (Å²) in [6.45, 7) is 2.98. The lowest BCUT2D eigenvalue weighted by Crippen LogP contribution is -2.42. The Hall–Kier alpha value is -1.98. The van der Waals surface area contributed by atoms with Crippen LogP contribution in [0.4, 0.5) is 0 Å². The summed E-state index contributed by atoms with van der Waals surface area (Å²) in [5.74, 6) is 0.732. The number of amides is 1. The van der Waals surface area contributed by atoms with E-state index < -0.39 is 0 Å². The van der Waals surface area contributed by atoms with E-state index in [1.807, 2.05) is 25.2 Å². The van der Waals surface area contributed by atoms with Crippen molar-refractivity contribution in [2.75, 3.05) is 13.6 Å². The van der Waals surface area contributed by atoms with E-state index in [2.05, 4.69) is 41.8 Å². The van der Waals surface area contributed by atoms with Crippen molar-refractivity contribution in [2.24, 2.45) is 5.92 Å². The molecule has 0 aliphatic heterocycles. The summed E-state index contributed by atoms with van der Waals surface area (Å²) in [6, 6.07) is 10.4. The van der Waals surface area contributed by atoms with Gasteiger partial charge in [-0.1, -0.05) is 43.3 Å². The van der Waals surface area contributed by atoms with Gasteiger partial charge in [0.2, 0.25) is 5.91 Å². The van der Waals surface area contributed by atoms with E-state index in [1.165, 1.54) is 16.9 Å². The van der Waals surface area contributed by atoms with Crippen molar-refractivity contribution in [3.63, 3.8) is 0 Å². The van der Waals surface area contributed by atoms with Gasteiger partial charge in [-0.3, -0.25) is 4.79 Å². The number of nitrogens with zero attached hydrogens (tertiary/aromatic N) is 1. The molecule has 2 aromatic rings. The lowest BCUT2D eigenvalue weighted by molar-refractivity contribution is -0.121. The number of likely N-dealkylation sites (N-methyl/N-ethyl adjacent to an activating group) is 1. The Bertz CT molecular complexity index is 769. The highest BCUT2D eigenvalue weighted by atomic mass is 32.1. The van der Waals surface area contributed by atoms with Gasteiger partial charge < -0.3 is 10.6 Å². The highest BCUT2D eigenvalue weighted by Gasteiger charge is 2.18. The molecule has 1 aliphatic carbocycles. The summed E-state index contributed by atoms with van der Waals surface area (Å²) in [5, 5.41) is 7.43. The predicted octanol–water partition coefficient (Wildman–Crippen LogP) is 3.62. The van der Waals surface area contributed by atoms with E-state index in [0.29, 0.717) is 18.8 Å². The van der Waals surface area contributed by atoms with Crippen LogP contribution >= 0.6 is 11.3 Å². The van der Waals surface area contributed by atoms with Crippen LogP contribution in [0.1, 0.15) is 40.9 Å². The average Bonchev–Trinajstić information content (AvgIpc) is 3.09. The molecule has 1 aromatic heterocycles. The van der Waals surface area contributed by atoms with Gasteiger partial charge in [0.05, 0.1) is 10.7 Å². The standard InChI is InChI=1S/C22H29N3OS/c1-3-16-9-10-19-20(14-16)27-22(25-19)12-11-21(26)24-18(15-23-2)13-17-7-5-4-6-8-17/h4-10,16,18,23H,3,11-15H2,1-2H3,(H,24,26). The molecule has 1 amide bonds. The number of carbonyl (C=O) groups excluding carboxylic acids is 1. The maximum atomic E-state index is 12.5. The lowest BCUT2D eigenvalue weighted by Gasteiger charge is -2.18. The van der Waals surface area contributed by atoms with Crippen LogP contribution in [0.3, 0.4) is 0 Å². The zero-order valence-electron chi connectivity index (χ0n) is 16.2. The van der Waals surface area contributed by atoms with E-state index in [-0.39, 0.29) is 11.9 Å². The molecule has 0 spiro atoms. The minimum absolute atomic E-state index is 0.0985. The van der Waals surface area contributed by atoms with Gasteiger partial charge in [0.25, 0.3) is 0 Å². The Labute approximate surface area is 166 Å². The first-order valence-electron chi connectivity index (χ1n) is 9.82. The third-order valence-corrected chi connectivity index (χ3v) is 6.13. The predicted molar refractivity (Wildman–Crippen MR) is 113 cm³/mol. The van der Waals surface area contributed by atoms with Gasteiger partial charge in [0, 0.05) is 30.3 Å². The van der Waals surface area contributed by atoms with Crippen LogP contribution < -0.4 is 10.6 Å². The van der Waals surface area contributed by atoms with E-state index >= 15 is 0 Å². The summed E-state index contributed by atoms with van der Waals surface area (Å²) in [6.07, 6.45) is 8.71. The monoisotopic (exact) mass is 383 g/mol. The van der Waals surface area contributed by atoms with Crippen LogP contribution in [0, 0.1) is 5.92 Å². The van der Waals surface area contributed by atoms with Gasteiger partial charge in [0.15, 0.2) is 0 Å². The molecule has 27 heavy (non-hydrogen) atoms. The molecule has 1 aromatic carbocycles. The number of thiazole rings is 1. The number of carbonyl (C=O) groups is 1. The molecule has 3 rings (SSSR count). The fourth-order valence-electron chi connectivity index (χ4n) is 3.45. The van der Waals surface area contributed by atoms with E-state index in [0.717, 1.165) is 30.1 Å². The topological polar surface area (TPSA) is 54.0 Å². The molecule has 2 atom stereocenters. The SMILES string of the molecule is CCC1C=Cc2nc(CCC(=O)NC(CNC)Cc3ccccc3)sc2C1. The molecule has 2 N–H and O–H groups in total. The zero-order chi connectivity index (χ0) is 19.1. The minimum Gasteiger partial charge on any atom is -0.352 e. The summed E-state index contributed by atoms with van der Waals surface area (Å²) in [5.41, 5.74) is 2.35. The number of aromatic nitrogens is 1. The third-order valence-electron chi connectivity index (χ3n) is 4.98. The van der Waals surface area contributed by atoms with Crippen molar-refractivity contribution in [3.05, 3.63) is 57.6 Å². The Morgan fingerprint density at radius 3 is 2.89 bits per heavy atom. The van der Waals surface area contributed by atoms with E-state index in [4.69, 9.17) is 4.98 Å². The Morgan fingerprint density at radius 2 is 2.15 bits per heavy atom. The molecule has 5 heteroatoms. The largest absolute Gasteiger partial charge is 0.352 e. The summed E-state index contributed by atoms with van der Waals surface area (Å²) in [7, 11) is 1.92. The third kappa shape index (κ3) is 5.75. The zero-order valence-corrected chi connectivity index (χ0v) is 17.0. The van der Waals surface area contributed by atoms with Crippen molar-refractivity contribution >= 4 is 23.3 Å². The van der Waals surface area contributed by atoms with Crippen LogP contribution in [-0.2, 0) is 24.1 Å². The number of aryl methyl sites for hydroxylation is 1. The molecule has 144 valence electrons. The number of hydrogen-bond donors (Lipinski definition) is 2. The second-order valence-corrected chi connectivity index (χ2v) is 8.33. The van der Waals surface area contributed by atoms with Crippen molar-refractivity contribution in [1.82, 2.24) is 15.6 Å². The quantitative estimate of drug-likeness (QED) is 0.695. The first-order chi connectivity index (χ1) is 13.2. The van der Waals surface area contributed by atoms with E-state index in [9.17, 15) is 4.79 Å². The van der Waals surface area contributed by atoms with Gasteiger partial charge >= 0.3 is 0 Å². The van der Waals surface area contributed by atoms with Crippen LogP contribution in [0.2, 0.25) is 0 Å². The van der Waals surface area contributed by atoms with Crippen molar-refractivity contribution in [2.45, 2.75) is 45.1 Å². The highest BCUT2D eigenvalue weighted by molar-refractivity contribution is 7.11. The number of nitrogens with one attached hydrogen (secondary N) is 2. The van der Waals surface area contributed by atoms with Crippen LogP contribution in [0.15, 0.2) is 36.4 Å². The maximum Gasteiger partial charge on any atom is 0.220 e. The second kappa shape index (κ2) is 9.81. The number of fused-ring (bicyclic) bond motifs is 1. The molecular formula is C22H29N3OS. The molecule has 0 saturated carbocycles. The Balaban J connectivity index is 1.51. The Kier molecular flexibility index (Phi) is 7.18. The van der Waals surface area contributed by atoms with Crippen molar-refractivity contribution in [1.29, 1.82) is 0 Å². The van der Waals surface area contributed by atoms with Crippen molar-refractivity contribution < 1.29 is 4.79 Å². The molecule has 1 heterocycles. The van der Waals surface area contributed by atoms with Gasteiger partial charge in [-0.15, -0.1) is 11.3 Å². The molecule has 0 radical (unpaired) electrons. The lowest BCUT2D eigenvalue weighted by atomic mass is 9.96. The van der Waals surface area contributed by atoms with Crippen molar-refractivity contribution in [3.8, 4) is 0 Å². The molecule has 4 nitrogen and oxygen atoms in total.